The van der Waals surface area contributed by atoms with Gasteiger partial charge in [0.05, 0.1) is 15.8 Å². The van der Waals surface area contributed by atoms with Gasteiger partial charge in [-0.25, -0.2) is 13.1 Å². The lowest BCUT2D eigenvalue weighted by Gasteiger charge is -2.08. The summed E-state index contributed by atoms with van der Waals surface area (Å²) in [4.78, 5) is 11.8. The highest BCUT2D eigenvalue weighted by molar-refractivity contribution is 9.10. The van der Waals surface area contributed by atoms with Gasteiger partial charge in [-0.15, -0.1) is 0 Å². The Morgan fingerprint density at radius 1 is 1.44 bits per heavy atom. The molecule has 0 saturated carbocycles. The van der Waals surface area contributed by atoms with Crippen molar-refractivity contribution in [1.29, 1.82) is 0 Å². The quantitative estimate of drug-likeness (QED) is 0.674. The number of benzene rings is 1. The van der Waals surface area contributed by atoms with Crippen LogP contribution in [0.1, 0.15) is 10.4 Å². The summed E-state index contributed by atoms with van der Waals surface area (Å²) in [5.41, 5.74) is 6.47. The number of nitrogen functional groups attached to an aromatic ring is 1. The van der Waals surface area contributed by atoms with E-state index in [1.165, 1.54) is 7.05 Å². The molecule has 100 valence electrons. The maximum atomic E-state index is 11.8. The Kier molecular flexibility index (Phi) is 5.12. The van der Waals surface area contributed by atoms with Crippen LogP contribution in [-0.2, 0) is 10.0 Å². The van der Waals surface area contributed by atoms with Crippen LogP contribution in [0.3, 0.4) is 0 Å². The summed E-state index contributed by atoms with van der Waals surface area (Å²) >= 11 is 3.21. The van der Waals surface area contributed by atoms with E-state index in [4.69, 9.17) is 5.73 Å². The highest BCUT2D eigenvalue weighted by atomic mass is 79.9. The molecule has 1 aromatic rings. The summed E-state index contributed by atoms with van der Waals surface area (Å²) in [6, 6.07) is 4.91. The number of hydrogen-bond donors (Lipinski definition) is 3. The van der Waals surface area contributed by atoms with Gasteiger partial charge in [-0.1, -0.05) is 6.07 Å². The summed E-state index contributed by atoms with van der Waals surface area (Å²) in [5, 5.41) is 2.51. The van der Waals surface area contributed by atoms with Crippen molar-refractivity contribution in [2.75, 3.05) is 25.1 Å². The third-order valence-corrected chi connectivity index (χ3v) is 4.49. The van der Waals surface area contributed by atoms with E-state index < -0.39 is 10.0 Å². The van der Waals surface area contributed by atoms with Gasteiger partial charge in [0.25, 0.3) is 5.91 Å². The Morgan fingerprint density at radius 2 is 2.11 bits per heavy atom. The molecular weight excluding hydrogens is 322 g/mol. The molecule has 0 atom stereocenters. The van der Waals surface area contributed by atoms with E-state index in [1.807, 2.05) is 0 Å². The fourth-order valence-electron chi connectivity index (χ4n) is 1.22. The van der Waals surface area contributed by atoms with E-state index in [0.29, 0.717) is 15.7 Å². The van der Waals surface area contributed by atoms with Gasteiger partial charge in [0.15, 0.2) is 0 Å². The van der Waals surface area contributed by atoms with E-state index in [0.717, 1.165) is 0 Å². The van der Waals surface area contributed by atoms with Crippen molar-refractivity contribution >= 4 is 37.5 Å². The fraction of sp³-hybridized carbons (Fsp3) is 0.300. The number of anilines is 1. The lowest BCUT2D eigenvalue weighted by Crippen LogP contribution is -2.33. The largest absolute Gasteiger partial charge is 0.398 e. The summed E-state index contributed by atoms with van der Waals surface area (Å²) < 4.78 is 25.0. The zero-order valence-corrected chi connectivity index (χ0v) is 12.1. The predicted octanol–water partition coefficient (Wildman–Crippen LogP) is 0.310. The number of rotatable bonds is 5. The molecule has 0 aliphatic carbocycles. The molecule has 0 fully saturated rings. The summed E-state index contributed by atoms with van der Waals surface area (Å²) in [6.07, 6.45) is 0. The van der Waals surface area contributed by atoms with Crippen LogP contribution in [0.4, 0.5) is 5.69 Å². The monoisotopic (exact) mass is 335 g/mol. The smallest absolute Gasteiger partial charge is 0.252 e. The topological polar surface area (TPSA) is 101 Å². The van der Waals surface area contributed by atoms with Crippen molar-refractivity contribution in [2.24, 2.45) is 0 Å². The highest BCUT2D eigenvalue weighted by Crippen LogP contribution is 2.23. The first-order chi connectivity index (χ1) is 8.37. The number of amides is 1. The summed E-state index contributed by atoms with van der Waals surface area (Å²) in [6.45, 7) is 0.0310. The van der Waals surface area contributed by atoms with Crippen LogP contribution in [0.2, 0.25) is 0 Å². The van der Waals surface area contributed by atoms with Crippen molar-refractivity contribution in [1.82, 2.24) is 10.0 Å². The minimum absolute atomic E-state index is 0.0310. The molecule has 0 heterocycles. The van der Waals surface area contributed by atoms with Crippen LogP contribution >= 0.6 is 15.9 Å². The third-order valence-electron chi connectivity index (χ3n) is 2.24. The maximum absolute atomic E-state index is 11.8. The lowest BCUT2D eigenvalue weighted by atomic mass is 10.2. The van der Waals surface area contributed by atoms with Gasteiger partial charge < -0.3 is 11.1 Å². The normalized spacial score (nSPS) is 11.2. The minimum atomic E-state index is -3.32. The predicted molar refractivity (Wildman–Crippen MR) is 73.7 cm³/mol. The number of hydrogen-bond acceptors (Lipinski definition) is 4. The fourth-order valence-corrected chi connectivity index (χ4v) is 2.24. The molecule has 0 saturated heterocycles. The first-order valence-electron chi connectivity index (χ1n) is 5.11. The van der Waals surface area contributed by atoms with Gasteiger partial charge in [-0.3, -0.25) is 4.79 Å². The average Bonchev–Trinajstić information content (AvgIpc) is 2.32. The van der Waals surface area contributed by atoms with E-state index in [9.17, 15) is 13.2 Å². The molecule has 1 rings (SSSR count). The molecule has 1 aromatic carbocycles. The molecule has 18 heavy (non-hydrogen) atoms. The van der Waals surface area contributed by atoms with Crippen molar-refractivity contribution in [3.8, 4) is 0 Å². The van der Waals surface area contributed by atoms with E-state index >= 15 is 0 Å². The molecule has 0 radical (unpaired) electrons. The van der Waals surface area contributed by atoms with Crippen LogP contribution < -0.4 is 15.8 Å². The minimum Gasteiger partial charge on any atom is -0.398 e. The average molecular weight is 336 g/mol. The van der Waals surface area contributed by atoms with Gasteiger partial charge in [0.2, 0.25) is 10.0 Å². The first kappa shape index (κ1) is 14.9. The SMILES string of the molecule is CNS(=O)(=O)CCNC(=O)c1cccc(N)c1Br. The van der Waals surface area contributed by atoms with Gasteiger partial charge in [-0.2, -0.15) is 0 Å². The van der Waals surface area contributed by atoms with Crippen molar-refractivity contribution in [3.05, 3.63) is 28.2 Å². The highest BCUT2D eigenvalue weighted by Gasteiger charge is 2.13. The van der Waals surface area contributed by atoms with Gasteiger partial charge in [-0.05, 0) is 35.1 Å². The van der Waals surface area contributed by atoms with Crippen LogP contribution in [0.25, 0.3) is 0 Å². The number of carbonyl (C=O) groups is 1. The molecule has 6 nitrogen and oxygen atoms in total. The molecule has 1 amide bonds. The summed E-state index contributed by atoms with van der Waals surface area (Å²) in [5.74, 6) is -0.546. The molecule has 0 bridgehead atoms. The number of nitrogens with one attached hydrogen (secondary N) is 2. The number of nitrogens with two attached hydrogens (primary N) is 1. The van der Waals surface area contributed by atoms with Crippen molar-refractivity contribution < 1.29 is 13.2 Å². The Labute approximate surface area is 114 Å². The van der Waals surface area contributed by atoms with Crippen molar-refractivity contribution in [2.45, 2.75) is 0 Å². The van der Waals surface area contributed by atoms with Crippen LogP contribution in [0.5, 0.6) is 0 Å². The van der Waals surface area contributed by atoms with Crippen molar-refractivity contribution in [3.63, 3.8) is 0 Å². The van der Waals surface area contributed by atoms with E-state index in [2.05, 4.69) is 26.0 Å². The molecule has 0 unspecified atom stereocenters. The second kappa shape index (κ2) is 6.17. The molecule has 0 spiro atoms. The Morgan fingerprint density at radius 3 is 2.72 bits per heavy atom. The van der Waals surface area contributed by atoms with Crippen LogP contribution in [-0.4, -0.2) is 33.7 Å². The first-order valence-corrected chi connectivity index (χ1v) is 7.55. The molecule has 0 aromatic heterocycles. The molecular formula is C10H14BrN3O3S. The number of carbonyl (C=O) groups excluding carboxylic acids is 1. The number of sulfonamides is 1. The van der Waals surface area contributed by atoms with Gasteiger partial charge in [0, 0.05) is 12.2 Å². The van der Waals surface area contributed by atoms with Gasteiger partial charge >= 0.3 is 0 Å². The van der Waals surface area contributed by atoms with E-state index in [1.54, 1.807) is 18.2 Å². The third kappa shape index (κ3) is 3.97. The molecule has 8 heteroatoms. The number of halogens is 1. The maximum Gasteiger partial charge on any atom is 0.252 e. The van der Waals surface area contributed by atoms with Gasteiger partial charge in [0.1, 0.15) is 0 Å². The second-order valence-electron chi connectivity index (χ2n) is 3.49. The molecule has 4 N–H and O–H groups in total. The second-order valence-corrected chi connectivity index (χ2v) is 6.33. The zero-order chi connectivity index (χ0) is 13.8. The lowest BCUT2D eigenvalue weighted by molar-refractivity contribution is 0.0955. The van der Waals surface area contributed by atoms with Crippen LogP contribution in [0, 0.1) is 0 Å². The Bertz CT molecular complexity index is 545. The standard InChI is InChI=1S/C10H14BrN3O3S/c1-13-18(16,17)6-5-14-10(15)7-3-2-4-8(12)9(7)11/h2-4,13H,5-6,12H2,1H3,(H,14,15). The summed E-state index contributed by atoms with van der Waals surface area (Å²) in [7, 11) is -1.99. The van der Waals surface area contributed by atoms with E-state index in [-0.39, 0.29) is 18.2 Å². The zero-order valence-electron chi connectivity index (χ0n) is 9.73. The molecule has 0 aliphatic rings. The molecule has 0 aliphatic heterocycles. The Balaban J connectivity index is 2.64. The Hall–Kier alpha value is -1.12. The van der Waals surface area contributed by atoms with Crippen LogP contribution in [0.15, 0.2) is 22.7 Å².